The summed E-state index contributed by atoms with van der Waals surface area (Å²) < 4.78 is 10.7. The second-order valence-electron chi connectivity index (χ2n) is 11.8. The maximum absolute atomic E-state index is 13.8. The number of hydrogen-bond acceptors (Lipinski definition) is 8. The van der Waals surface area contributed by atoms with Crippen molar-refractivity contribution >= 4 is 29.8 Å². The van der Waals surface area contributed by atoms with Gasteiger partial charge >= 0.3 is 12.1 Å². The first-order chi connectivity index (χ1) is 24.8. The van der Waals surface area contributed by atoms with E-state index in [1.165, 1.54) is 6.92 Å². The van der Waals surface area contributed by atoms with Crippen molar-refractivity contribution in [3.8, 4) is 0 Å². The molecule has 0 bridgehead atoms. The predicted octanol–water partition coefficient (Wildman–Crippen LogP) is 3.44. The maximum atomic E-state index is 13.8. The molecule has 4 N–H and O–H groups in total. The summed E-state index contributed by atoms with van der Waals surface area (Å²) in [5, 5.41) is 10.4. The topological polar surface area (TPSA) is 165 Å². The summed E-state index contributed by atoms with van der Waals surface area (Å²) in [7, 11) is 0. The number of nitrogens with zero attached hydrogens (tertiary/aromatic N) is 1. The molecule has 0 fully saturated rings. The lowest BCUT2D eigenvalue weighted by Gasteiger charge is -2.24. The highest BCUT2D eigenvalue weighted by molar-refractivity contribution is 5.94. The highest BCUT2D eigenvalue weighted by atomic mass is 16.5. The van der Waals surface area contributed by atoms with Crippen LogP contribution in [0.25, 0.3) is 0 Å². The second kappa shape index (κ2) is 20.5. The molecule has 4 amide bonds. The largest absolute Gasteiger partial charge is 0.464 e. The summed E-state index contributed by atoms with van der Waals surface area (Å²) in [6.07, 6.45) is 4.19. The van der Waals surface area contributed by atoms with Crippen LogP contribution in [0.1, 0.15) is 35.6 Å². The Bertz CT molecular complexity index is 1690. The summed E-state index contributed by atoms with van der Waals surface area (Å²) in [6, 6.07) is 28.0. The molecule has 1 heterocycles. The first-order valence-corrected chi connectivity index (χ1v) is 16.7. The van der Waals surface area contributed by atoms with E-state index >= 15 is 0 Å². The quantitative estimate of drug-likeness (QED) is 0.0910. The molecule has 0 saturated heterocycles. The summed E-state index contributed by atoms with van der Waals surface area (Å²) in [5.74, 6) is -2.46. The van der Waals surface area contributed by atoms with Crippen LogP contribution in [-0.4, -0.2) is 66.0 Å². The normalized spacial score (nSPS) is 12.3. The number of alkyl carbamates (subject to hydrolysis) is 1. The van der Waals surface area contributed by atoms with Gasteiger partial charge in [-0.15, -0.1) is 0 Å². The van der Waals surface area contributed by atoms with Crippen molar-refractivity contribution in [1.82, 2.24) is 26.3 Å². The molecule has 0 spiro atoms. The average Bonchev–Trinajstić information content (AvgIpc) is 3.15. The van der Waals surface area contributed by atoms with Crippen molar-refractivity contribution in [1.29, 1.82) is 0 Å². The van der Waals surface area contributed by atoms with Crippen molar-refractivity contribution in [2.45, 2.75) is 57.3 Å². The van der Waals surface area contributed by atoms with Gasteiger partial charge < -0.3 is 30.7 Å². The van der Waals surface area contributed by atoms with Gasteiger partial charge in [0.25, 0.3) is 0 Å². The Balaban J connectivity index is 1.35. The fraction of sp³-hybridized carbons (Fsp3) is 0.282. The standard InChI is InChI=1S/C39H43N5O7/c1-28(42-35(45)26-41-39(49)51-27-32-16-9-4-10-17-32)36(46)43-33(24-30-12-5-2-6-13-30)37(47)44-34(25-31-14-7-3-8-15-31)38(48)50-23-11-18-29-19-21-40-22-20-29/h2-10,12-17,19-22,28,33-34H,11,18,23-27H2,1H3,(H,41,49)(H,42,45)(H,43,46)(H,44,47)/t28-,33-,34-/m0/s1. The molecular formula is C39H43N5O7. The first kappa shape index (κ1) is 37.8. The molecular weight excluding hydrogens is 650 g/mol. The molecule has 3 aromatic carbocycles. The van der Waals surface area contributed by atoms with Gasteiger partial charge in [-0.3, -0.25) is 19.4 Å². The third-order valence-corrected chi connectivity index (χ3v) is 7.78. The Morgan fingerprint density at radius 3 is 1.78 bits per heavy atom. The molecule has 0 aliphatic heterocycles. The Morgan fingerprint density at radius 2 is 1.18 bits per heavy atom. The minimum absolute atomic E-state index is 0.0360. The van der Waals surface area contributed by atoms with E-state index in [1.54, 1.807) is 24.5 Å². The van der Waals surface area contributed by atoms with Crippen LogP contribution in [0.3, 0.4) is 0 Å². The molecule has 0 aliphatic rings. The molecule has 0 saturated carbocycles. The van der Waals surface area contributed by atoms with Gasteiger partial charge in [-0.2, -0.15) is 0 Å². The summed E-state index contributed by atoms with van der Waals surface area (Å²) in [6.45, 7) is 1.22. The van der Waals surface area contributed by atoms with Gasteiger partial charge in [-0.25, -0.2) is 9.59 Å². The number of nitrogens with one attached hydrogen (secondary N) is 4. The molecule has 51 heavy (non-hydrogen) atoms. The van der Waals surface area contributed by atoms with Gasteiger partial charge in [0.2, 0.25) is 17.7 Å². The fourth-order valence-electron chi connectivity index (χ4n) is 5.05. The van der Waals surface area contributed by atoms with Crippen LogP contribution in [-0.2, 0) is 54.5 Å². The number of rotatable bonds is 18. The summed E-state index contributed by atoms with van der Waals surface area (Å²) >= 11 is 0. The van der Waals surface area contributed by atoms with E-state index in [4.69, 9.17) is 9.47 Å². The highest BCUT2D eigenvalue weighted by Crippen LogP contribution is 2.09. The van der Waals surface area contributed by atoms with Crippen LogP contribution in [0.15, 0.2) is 116 Å². The second-order valence-corrected chi connectivity index (χ2v) is 11.8. The molecule has 12 nitrogen and oxygen atoms in total. The third kappa shape index (κ3) is 13.8. The third-order valence-electron chi connectivity index (χ3n) is 7.78. The number of carbonyl (C=O) groups excluding carboxylic acids is 5. The van der Waals surface area contributed by atoms with Crippen molar-refractivity contribution in [2.24, 2.45) is 0 Å². The van der Waals surface area contributed by atoms with Crippen molar-refractivity contribution in [2.75, 3.05) is 13.2 Å². The SMILES string of the molecule is C[C@H](NC(=O)CNC(=O)OCc1ccccc1)C(=O)N[C@@H](Cc1ccccc1)C(=O)N[C@@H](Cc1ccccc1)C(=O)OCCCc1ccncc1. The van der Waals surface area contributed by atoms with E-state index in [0.29, 0.717) is 12.8 Å². The zero-order valence-electron chi connectivity index (χ0n) is 28.5. The Hall–Kier alpha value is -6.04. The molecule has 0 aliphatic carbocycles. The number of esters is 1. The van der Waals surface area contributed by atoms with Crippen LogP contribution >= 0.6 is 0 Å². The Kier molecular flexibility index (Phi) is 15.2. The average molecular weight is 694 g/mol. The number of amides is 4. The fourth-order valence-corrected chi connectivity index (χ4v) is 5.05. The maximum Gasteiger partial charge on any atom is 0.407 e. The Morgan fingerprint density at radius 1 is 0.627 bits per heavy atom. The van der Waals surface area contributed by atoms with E-state index in [9.17, 15) is 24.0 Å². The summed E-state index contributed by atoms with van der Waals surface area (Å²) in [4.78, 5) is 69.0. The minimum Gasteiger partial charge on any atom is -0.464 e. The zero-order valence-corrected chi connectivity index (χ0v) is 28.5. The monoisotopic (exact) mass is 693 g/mol. The van der Waals surface area contributed by atoms with E-state index in [-0.39, 0.29) is 26.1 Å². The number of ether oxygens (including phenoxy) is 2. The van der Waals surface area contributed by atoms with Crippen LogP contribution in [0.2, 0.25) is 0 Å². The summed E-state index contributed by atoms with van der Waals surface area (Å²) in [5.41, 5.74) is 3.44. The molecule has 0 unspecified atom stereocenters. The van der Waals surface area contributed by atoms with Crippen LogP contribution in [0, 0.1) is 0 Å². The molecule has 4 rings (SSSR count). The number of pyridine rings is 1. The number of benzene rings is 3. The van der Waals surface area contributed by atoms with Crippen LogP contribution in [0.4, 0.5) is 4.79 Å². The smallest absolute Gasteiger partial charge is 0.407 e. The van der Waals surface area contributed by atoms with Gasteiger partial charge in [-0.1, -0.05) is 91.0 Å². The van der Waals surface area contributed by atoms with E-state index in [2.05, 4.69) is 26.3 Å². The van der Waals surface area contributed by atoms with Crippen molar-refractivity contribution in [3.63, 3.8) is 0 Å². The number of carbonyl (C=O) groups is 5. The lowest BCUT2D eigenvalue weighted by molar-refractivity contribution is -0.148. The first-order valence-electron chi connectivity index (χ1n) is 16.7. The minimum atomic E-state index is -1.09. The van der Waals surface area contributed by atoms with Gasteiger partial charge in [0, 0.05) is 25.2 Å². The highest BCUT2D eigenvalue weighted by Gasteiger charge is 2.29. The van der Waals surface area contributed by atoms with E-state index in [0.717, 1.165) is 22.3 Å². The van der Waals surface area contributed by atoms with Crippen LogP contribution in [0.5, 0.6) is 0 Å². The van der Waals surface area contributed by atoms with Crippen LogP contribution < -0.4 is 21.3 Å². The van der Waals surface area contributed by atoms with Gasteiger partial charge in [0.05, 0.1) is 6.61 Å². The predicted molar refractivity (Wildman–Crippen MR) is 190 cm³/mol. The van der Waals surface area contributed by atoms with Gasteiger partial charge in [0.15, 0.2) is 0 Å². The molecule has 3 atom stereocenters. The Labute approximate surface area is 297 Å². The van der Waals surface area contributed by atoms with E-state index < -0.39 is 54.5 Å². The van der Waals surface area contributed by atoms with Crippen molar-refractivity contribution < 1.29 is 33.4 Å². The number of hydrogen-bond donors (Lipinski definition) is 4. The van der Waals surface area contributed by atoms with E-state index in [1.807, 2.05) is 91.0 Å². The molecule has 4 aromatic rings. The number of aryl methyl sites for hydroxylation is 1. The number of aromatic nitrogens is 1. The molecule has 0 radical (unpaired) electrons. The van der Waals surface area contributed by atoms with Gasteiger partial charge in [0.1, 0.15) is 31.3 Å². The lowest BCUT2D eigenvalue weighted by Crippen LogP contribution is -2.56. The molecule has 1 aromatic heterocycles. The molecule has 266 valence electrons. The zero-order chi connectivity index (χ0) is 36.3. The van der Waals surface area contributed by atoms with Gasteiger partial charge in [-0.05, 0) is 54.2 Å². The molecule has 12 heteroatoms. The van der Waals surface area contributed by atoms with Crippen molar-refractivity contribution in [3.05, 3.63) is 138 Å². The lowest BCUT2D eigenvalue weighted by atomic mass is 10.0.